The molecule has 0 aromatic heterocycles. The summed E-state index contributed by atoms with van der Waals surface area (Å²) in [6.45, 7) is 14.1. The molecule has 2 N–H and O–H groups in total. The summed E-state index contributed by atoms with van der Waals surface area (Å²) in [6.07, 6.45) is 1.10. The van der Waals surface area contributed by atoms with Gasteiger partial charge in [0.1, 0.15) is 0 Å². The van der Waals surface area contributed by atoms with Crippen LogP contribution in [0.3, 0.4) is 0 Å². The van der Waals surface area contributed by atoms with Crippen LogP contribution in [0.4, 0.5) is 0 Å². The molecule has 0 aromatic carbocycles. The van der Waals surface area contributed by atoms with Crippen molar-refractivity contribution in [1.82, 2.24) is 15.5 Å². The number of aliphatic imine (C=N–C) groups is 1. The lowest BCUT2D eigenvalue weighted by atomic mass is 10.3. The van der Waals surface area contributed by atoms with E-state index in [2.05, 4.69) is 55.1 Å². The van der Waals surface area contributed by atoms with E-state index in [0.29, 0.717) is 12.1 Å². The third-order valence-corrected chi connectivity index (χ3v) is 3.05. The van der Waals surface area contributed by atoms with Gasteiger partial charge in [0.2, 0.25) is 0 Å². The number of nitrogens with zero attached hydrogens (tertiary/aromatic N) is 2. The van der Waals surface area contributed by atoms with Gasteiger partial charge in [0, 0.05) is 32.2 Å². The minimum atomic E-state index is 0. The van der Waals surface area contributed by atoms with Crippen molar-refractivity contribution < 1.29 is 0 Å². The van der Waals surface area contributed by atoms with Crippen LogP contribution in [-0.2, 0) is 0 Å². The zero-order valence-electron chi connectivity index (χ0n) is 12.8. The maximum atomic E-state index is 4.22. The first-order chi connectivity index (χ1) is 8.04. The van der Waals surface area contributed by atoms with Crippen LogP contribution in [0.2, 0.25) is 0 Å². The van der Waals surface area contributed by atoms with E-state index >= 15 is 0 Å². The van der Waals surface area contributed by atoms with E-state index < -0.39 is 0 Å². The van der Waals surface area contributed by atoms with E-state index in [9.17, 15) is 0 Å². The Balaban J connectivity index is 0. The van der Waals surface area contributed by atoms with Crippen molar-refractivity contribution in [3.05, 3.63) is 0 Å². The van der Waals surface area contributed by atoms with E-state index in [4.69, 9.17) is 0 Å². The van der Waals surface area contributed by atoms with Gasteiger partial charge in [0.25, 0.3) is 0 Å². The Morgan fingerprint density at radius 3 is 2.22 bits per heavy atom. The normalized spacial score (nSPS) is 13.4. The van der Waals surface area contributed by atoms with Crippen LogP contribution in [0.25, 0.3) is 0 Å². The van der Waals surface area contributed by atoms with Crippen LogP contribution < -0.4 is 10.6 Å². The second-order valence-corrected chi connectivity index (χ2v) is 4.67. The van der Waals surface area contributed by atoms with Gasteiger partial charge in [-0.1, -0.05) is 13.8 Å². The third-order valence-electron chi connectivity index (χ3n) is 3.05. The van der Waals surface area contributed by atoms with Gasteiger partial charge in [-0.2, -0.15) is 0 Å². The van der Waals surface area contributed by atoms with Gasteiger partial charge in [0.05, 0.1) is 0 Å². The molecular weight excluding hydrogens is 339 g/mol. The first-order valence-electron chi connectivity index (χ1n) is 6.76. The minimum Gasteiger partial charge on any atom is -0.355 e. The lowest BCUT2D eigenvalue weighted by molar-refractivity contribution is 0.237. The Morgan fingerprint density at radius 1 is 1.22 bits per heavy atom. The number of likely N-dealkylation sites (N-methyl/N-ethyl adjacent to an activating group) is 1. The number of guanidine groups is 1. The fourth-order valence-corrected chi connectivity index (χ4v) is 1.63. The SMILES string of the molecule is CCC(C)NC(=NC)NCCN(CC)C(C)C.I. The molecule has 0 aliphatic rings. The zero-order valence-corrected chi connectivity index (χ0v) is 15.1. The lowest BCUT2D eigenvalue weighted by Gasteiger charge is -2.25. The molecule has 0 bridgehead atoms. The van der Waals surface area contributed by atoms with Crippen molar-refractivity contribution in [1.29, 1.82) is 0 Å². The van der Waals surface area contributed by atoms with E-state index in [-0.39, 0.29) is 24.0 Å². The van der Waals surface area contributed by atoms with Crippen molar-refractivity contribution in [3.63, 3.8) is 0 Å². The maximum absolute atomic E-state index is 4.22. The first-order valence-corrected chi connectivity index (χ1v) is 6.76. The van der Waals surface area contributed by atoms with Gasteiger partial charge < -0.3 is 10.6 Å². The largest absolute Gasteiger partial charge is 0.355 e. The van der Waals surface area contributed by atoms with Crippen molar-refractivity contribution in [2.24, 2.45) is 4.99 Å². The second-order valence-electron chi connectivity index (χ2n) is 4.67. The highest BCUT2D eigenvalue weighted by molar-refractivity contribution is 14.0. The Labute approximate surface area is 130 Å². The molecular formula is C13H31IN4. The molecule has 0 aromatic rings. The molecule has 0 radical (unpaired) electrons. The van der Waals surface area contributed by atoms with Gasteiger partial charge in [-0.05, 0) is 33.7 Å². The number of hydrogen-bond acceptors (Lipinski definition) is 2. The van der Waals surface area contributed by atoms with E-state index in [0.717, 1.165) is 32.0 Å². The van der Waals surface area contributed by atoms with E-state index in [1.807, 2.05) is 7.05 Å². The van der Waals surface area contributed by atoms with E-state index in [1.165, 1.54) is 0 Å². The molecule has 0 heterocycles. The van der Waals surface area contributed by atoms with Crippen molar-refractivity contribution >= 4 is 29.9 Å². The summed E-state index contributed by atoms with van der Waals surface area (Å²) in [5.41, 5.74) is 0. The minimum absolute atomic E-state index is 0. The number of nitrogens with one attached hydrogen (secondary N) is 2. The maximum Gasteiger partial charge on any atom is 0.191 e. The Kier molecular flexibility index (Phi) is 13.5. The topological polar surface area (TPSA) is 39.7 Å². The predicted octanol–water partition coefficient (Wildman–Crippen LogP) is 2.30. The third kappa shape index (κ3) is 8.97. The van der Waals surface area contributed by atoms with Crippen LogP contribution in [-0.4, -0.2) is 49.6 Å². The van der Waals surface area contributed by atoms with Crippen molar-refractivity contribution in [2.45, 2.75) is 53.1 Å². The molecule has 18 heavy (non-hydrogen) atoms. The van der Waals surface area contributed by atoms with Crippen LogP contribution in [0.5, 0.6) is 0 Å². The summed E-state index contributed by atoms with van der Waals surface area (Å²) in [4.78, 5) is 6.65. The standard InChI is InChI=1S/C13H30N4.HI/c1-7-12(5)16-13(14-6)15-9-10-17(8-2)11(3)4;/h11-12H,7-10H2,1-6H3,(H2,14,15,16);1H. The van der Waals surface area contributed by atoms with Gasteiger partial charge in [-0.3, -0.25) is 9.89 Å². The lowest BCUT2D eigenvalue weighted by Crippen LogP contribution is -2.45. The fourth-order valence-electron chi connectivity index (χ4n) is 1.63. The molecule has 0 aliphatic carbocycles. The first kappa shape index (κ1) is 20.3. The highest BCUT2D eigenvalue weighted by Gasteiger charge is 2.07. The highest BCUT2D eigenvalue weighted by atomic mass is 127. The van der Waals surface area contributed by atoms with Crippen LogP contribution >= 0.6 is 24.0 Å². The molecule has 0 fully saturated rings. The molecule has 5 heteroatoms. The Hall–Kier alpha value is -0.0400. The number of halogens is 1. The summed E-state index contributed by atoms with van der Waals surface area (Å²) in [7, 11) is 1.82. The van der Waals surface area contributed by atoms with Crippen LogP contribution in [0, 0.1) is 0 Å². The Morgan fingerprint density at radius 2 is 1.83 bits per heavy atom. The highest BCUT2D eigenvalue weighted by Crippen LogP contribution is 1.95. The molecule has 0 amide bonds. The molecule has 0 aliphatic heterocycles. The van der Waals surface area contributed by atoms with Crippen LogP contribution in [0.15, 0.2) is 4.99 Å². The van der Waals surface area contributed by atoms with Gasteiger partial charge in [-0.25, -0.2) is 0 Å². The van der Waals surface area contributed by atoms with Gasteiger partial charge in [-0.15, -0.1) is 24.0 Å². The molecule has 0 saturated carbocycles. The summed E-state index contributed by atoms with van der Waals surface area (Å²) in [6, 6.07) is 1.07. The van der Waals surface area contributed by atoms with E-state index in [1.54, 1.807) is 0 Å². The second kappa shape index (κ2) is 12.0. The predicted molar refractivity (Wildman–Crippen MR) is 92.0 cm³/mol. The zero-order chi connectivity index (χ0) is 13.3. The summed E-state index contributed by atoms with van der Waals surface area (Å²) in [5, 5.41) is 6.71. The molecule has 1 unspecified atom stereocenters. The van der Waals surface area contributed by atoms with Crippen molar-refractivity contribution in [3.8, 4) is 0 Å². The number of hydrogen-bond donors (Lipinski definition) is 2. The molecule has 0 spiro atoms. The monoisotopic (exact) mass is 370 g/mol. The molecule has 0 saturated heterocycles. The summed E-state index contributed by atoms with van der Waals surface area (Å²) < 4.78 is 0. The summed E-state index contributed by atoms with van der Waals surface area (Å²) in [5.74, 6) is 0.902. The average Bonchev–Trinajstić information content (AvgIpc) is 2.32. The number of rotatable bonds is 7. The van der Waals surface area contributed by atoms with Gasteiger partial charge in [0.15, 0.2) is 5.96 Å². The van der Waals surface area contributed by atoms with Crippen LogP contribution in [0.1, 0.15) is 41.0 Å². The Bertz CT molecular complexity index is 219. The molecule has 110 valence electrons. The average molecular weight is 370 g/mol. The van der Waals surface area contributed by atoms with Gasteiger partial charge >= 0.3 is 0 Å². The molecule has 0 rings (SSSR count). The molecule has 4 nitrogen and oxygen atoms in total. The molecule has 1 atom stereocenters. The summed E-state index contributed by atoms with van der Waals surface area (Å²) >= 11 is 0. The quantitative estimate of drug-likeness (QED) is 0.411. The van der Waals surface area contributed by atoms with Crippen molar-refractivity contribution in [2.75, 3.05) is 26.7 Å². The smallest absolute Gasteiger partial charge is 0.191 e. The fraction of sp³-hybridized carbons (Fsp3) is 0.923.